The van der Waals surface area contributed by atoms with Crippen LogP contribution >= 0.6 is 0 Å². The minimum Gasteiger partial charge on any atom is -0.484 e. The Labute approximate surface area is 179 Å². The molecule has 7 nitrogen and oxygen atoms in total. The molecular formula is C24H21N3O4. The molecule has 0 aliphatic heterocycles. The lowest BCUT2D eigenvalue weighted by atomic mass is 10.1. The van der Waals surface area contributed by atoms with Gasteiger partial charge in [-0.15, -0.1) is 10.2 Å². The molecule has 0 aliphatic rings. The molecule has 2 heterocycles. The maximum Gasteiger partial charge on any atom is 0.254 e. The van der Waals surface area contributed by atoms with Gasteiger partial charge in [0.2, 0.25) is 11.8 Å². The maximum absolute atomic E-state index is 12.1. The van der Waals surface area contributed by atoms with E-state index in [9.17, 15) is 4.79 Å². The van der Waals surface area contributed by atoms with Crippen LogP contribution in [-0.4, -0.2) is 16.1 Å². The number of aryl methyl sites for hydroxylation is 2. The summed E-state index contributed by atoms with van der Waals surface area (Å²) >= 11 is 0. The molecule has 31 heavy (non-hydrogen) atoms. The Balaban J connectivity index is 1.34. The summed E-state index contributed by atoms with van der Waals surface area (Å²) in [7, 11) is 0. The van der Waals surface area contributed by atoms with Gasteiger partial charge in [-0.2, -0.15) is 0 Å². The Morgan fingerprint density at radius 1 is 1.03 bits per heavy atom. The molecule has 0 bridgehead atoms. The molecule has 0 unspecified atom stereocenters. The van der Waals surface area contributed by atoms with Crippen molar-refractivity contribution >= 4 is 17.7 Å². The highest BCUT2D eigenvalue weighted by molar-refractivity contribution is 6.01. The van der Waals surface area contributed by atoms with Crippen molar-refractivity contribution in [3.63, 3.8) is 0 Å². The first-order valence-corrected chi connectivity index (χ1v) is 9.73. The predicted molar refractivity (Wildman–Crippen MR) is 116 cm³/mol. The van der Waals surface area contributed by atoms with Crippen LogP contribution in [0.2, 0.25) is 0 Å². The van der Waals surface area contributed by atoms with Gasteiger partial charge < -0.3 is 18.9 Å². The number of carbonyl (C=O) groups is 1. The first-order valence-electron chi connectivity index (χ1n) is 9.73. The summed E-state index contributed by atoms with van der Waals surface area (Å²) in [5.74, 6) is 2.51. The van der Waals surface area contributed by atoms with Gasteiger partial charge in [0.25, 0.3) is 5.89 Å². The lowest BCUT2D eigenvalue weighted by molar-refractivity contribution is -0.111. The highest BCUT2D eigenvalue weighted by Gasteiger charge is 2.09. The number of nitrogens with one attached hydrogen (secondary N) is 1. The molecule has 1 amide bonds. The summed E-state index contributed by atoms with van der Waals surface area (Å²) in [6.45, 7) is 3.98. The SMILES string of the molecule is Cc1ccc(-c2nnc(COc3cccc(NC(=O)/C=C/c4ccc(C)o4)c3)o2)cc1. The zero-order chi connectivity index (χ0) is 21.6. The molecule has 156 valence electrons. The summed E-state index contributed by atoms with van der Waals surface area (Å²) < 4.78 is 16.8. The third-order valence-corrected chi connectivity index (χ3v) is 4.39. The summed E-state index contributed by atoms with van der Waals surface area (Å²) in [6.07, 6.45) is 3.03. The minimum atomic E-state index is -0.272. The molecule has 4 aromatic rings. The van der Waals surface area contributed by atoms with Crippen LogP contribution in [-0.2, 0) is 11.4 Å². The van der Waals surface area contributed by atoms with Crippen LogP contribution in [0.1, 0.15) is 23.0 Å². The third kappa shape index (κ3) is 5.48. The van der Waals surface area contributed by atoms with Crippen molar-refractivity contribution in [3.05, 3.63) is 89.7 Å². The number of carbonyl (C=O) groups excluding carboxylic acids is 1. The first kappa shape index (κ1) is 20.2. The van der Waals surface area contributed by atoms with Crippen molar-refractivity contribution in [3.8, 4) is 17.2 Å². The van der Waals surface area contributed by atoms with E-state index in [1.165, 1.54) is 6.08 Å². The second kappa shape index (κ2) is 9.13. The minimum absolute atomic E-state index is 0.119. The van der Waals surface area contributed by atoms with Crippen LogP contribution in [0, 0.1) is 13.8 Å². The molecule has 0 atom stereocenters. The van der Waals surface area contributed by atoms with E-state index in [0.717, 1.165) is 16.9 Å². The van der Waals surface area contributed by atoms with E-state index in [1.807, 2.05) is 44.2 Å². The number of aromatic nitrogens is 2. The van der Waals surface area contributed by atoms with Gasteiger partial charge in [0.1, 0.15) is 17.3 Å². The van der Waals surface area contributed by atoms with E-state index in [0.29, 0.717) is 29.0 Å². The number of amides is 1. The average Bonchev–Trinajstić information content (AvgIpc) is 3.41. The Morgan fingerprint density at radius 2 is 1.87 bits per heavy atom. The molecule has 0 saturated heterocycles. The zero-order valence-corrected chi connectivity index (χ0v) is 17.2. The molecule has 1 N–H and O–H groups in total. The molecule has 0 spiro atoms. The predicted octanol–water partition coefficient (Wildman–Crippen LogP) is 5.18. The van der Waals surface area contributed by atoms with Crippen LogP contribution in [0.4, 0.5) is 5.69 Å². The van der Waals surface area contributed by atoms with Gasteiger partial charge in [0.05, 0.1) is 0 Å². The number of hydrogen-bond acceptors (Lipinski definition) is 6. The van der Waals surface area contributed by atoms with Crippen molar-refractivity contribution in [1.82, 2.24) is 10.2 Å². The van der Waals surface area contributed by atoms with E-state index in [-0.39, 0.29) is 12.5 Å². The van der Waals surface area contributed by atoms with Crippen LogP contribution < -0.4 is 10.1 Å². The van der Waals surface area contributed by atoms with E-state index in [1.54, 1.807) is 36.4 Å². The van der Waals surface area contributed by atoms with Crippen LogP contribution in [0.25, 0.3) is 17.5 Å². The van der Waals surface area contributed by atoms with Crippen LogP contribution in [0.3, 0.4) is 0 Å². The zero-order valence-electron chi connectivity index (χ0n) is 17.2. The quantitative estimate of drug-likeness (QED) is 0.419. The topological polar surface area (TPSA) is 90.4 Å². The molecule has 7 heteroatoms. The Hall–Kier alpha value is -4.13. The Bertz CT molecular complexity index is 1210. The van der Waals surface area contributed by atoms with Crippen molar-refractivity contribution in [2.24, 2.45) is 0 Å². The van der Waals surface area contributed by atoms with Crippen LogP contribution in [0.15, 0.2) is 75.6 Å². The van der Waals surface area contributed by atoms with E-state index < -0.39 is 0 Å². The van der Waals surface area contributed by atoms with Gasteiger partial charge in [-0.25, -0.2) is 0 Å². The Kier molecular flexibility index (Phi) is 5.93. The summed E-state index contributed by atoms with van der Waals surface area (Å²) in [6, 6.07) is 18.5. The fourth-order valence-electron chi connectivity index (χ4n) is 2.82. The van der Waals surface area contributed by atoms with Crippen LogP contribution in [0.5, 0.6) is 5.75 Å². The average molecular weight is 415 g/mol. The number of anilines is 1. The molecule has 0 fully saturated rings. The lowest BCUT2D eigenvalue weighted by Gasteiger charge is -2.06. The molecule has 0 radical (unpaired) electrons. The smallest absolute Gasteiger partial charge is 0.254 e. The van der Waals surface area contributed by atoms with Crippen molar-refractivity contribution in [2.45, 2.75) is 20.5 Å². The highest BCUT2D eigenvalue weighted by Crippen LogP contribution is 2.21. The molecule has 0 aliphatic carbocycles. The summed E-state index contributed by atoms with van der Waals surface area (Å²) in [5, 5.41) is 10.9. The molecule has 2 aromatic heterocycles. The first-order chi connectivity index (χ1) is 15.0. The number of benzene rings is 2. The normalized spacial score (nSPS) is 11.0. The summed E-state index contributed by atoms with van der Waals surface area (Å²) in [5.41, 5.74) is 2.62. The number of furan rings is 1. The second-order valence-corrected chi connectivity index (χ2v) is 6.95. The number of ether oxygens (including phenoxy) is 1. The fourth-order valence-corrected chi connectivity index (χ4v) is 2.82. The van der Waals surface area contributed by atoms with Gasteiger partial charge in [0, 0.05) is 23.4 Å². The largest absolute Gasteiger partial charge is 0.484 e. The van der Waals surface area contributed by atoms with E-state index in [2.05, 4.69) is 15.5 Å². The van der Waals surface area contributed by atoms with Crippen molar-refractivity contribution < 1.29 is 18.4 Å². The molecule has 4 rings (SSSR count). The molecule has 2 aromatic carbocycles. The highest BCUT2D eigenvalue weighted by atomic mass is 16.5. The maximum atomic E-state index is 12.1. The fraction of sp³-hybridized carbons (Fsp3) is 0.125. The number of hydrogen-bond donors (Lipinski definition) is 1. The molecular weight excluding hydrogens is 394 g/mol. The molecule has 0 saturated carbocycles. The van der Waals surface area contributed by atoms with Crippen molar-refractivity contribution in [1.29, 1.82) is 0 Å². The van der Waals surface area contributed by atoms with Gasteiger partial charge in [-0.1, -0.05) is 23.8 Å². The second-order valence-electron chi connectivity index (χ2n) is 6.95. The Morgan fingerprint density at radius 3 is 2.65 bits per heavy atom. The monoisotopic (exact) mass is 415 g/mol. The van der Waals surface area contributed by atoms with Gasteiger partial charge in [0.15, 0.2) is 6.61 Å². The summed E-state index contributed by atoms with van der Waals surface area (Å²) in [4.78, 5) is 12.1. The standard InChI is InChI=1S/C24H21N3O4/c1-16-6-9-18(10-7-16)24-27-26-23(31-24)15-29-21-5-3-4-19(14-21)25-22(28)13-12-20-11-8-17(2)30-20/h3-14H,15H2,1-2H3,(H,25,28)/b13-12+. The van der Waals surface area contributed by atoms with E-state index >= 15 is 0 Å². The number of rotatable bonds is 7. The lowest BCUT2D eigenvalue weighted by Crippen LogP contribution is -2.07. The number of nitrogens with zero attached hydrogens (tertiary/aromatic N) is 2. The third-order valence-electron chi connectivity index (χ3n) is 4.39. The van der Waals surface area contributed by atoms with E-state index in [4.69, 9.17) is 13.6 Å². The van der Waals surface area contributed by atoms with Gasteiger partial charge >= 0.3 is 0 Å². The van der Waals surface area contributed by atoms with Gasteiger partial charge in [-0.3, -0.25) is 4.79 Å². The van der Waals surface area contributed by atoms with Crippen molar-refractivity contribution in [2.75, 3.05) is 5.32 Å². The van der Waals surface area contributed by atoms with Gasteiger partial charge in [-0.05, 0) is 56.3 Å².